The SMILES string of the molecule is CC[C@@H](NC(=O)OC)C(=O)N1CC=C[C@H]1c1ncc(-c2ccc(-c3ccc(-c4cnc([C@@H]5CC6(CN5C(=O)[C@H](NC(=O)OC)c5ccccc5)OCCO6)[nH]4)cc3)cc2)[nH]1. The fraction of sp³-hybridized carbons (Fsp3) is 0.318. The maximum Gasteiger partial charge on any atom is 0.407 e. The molecule has 0 saturated carbocycles. The van der Waals surface area contributed by atoms with Gasteiger partial charge in [0.25, 0.3) is 5.91 Å². The van der Waals surface area contributed by atoms with Gasteiger partial charge >= 0.3 is 12.2 Å². The maximum absolute atomic E-state index is 14.3. The highest BCUT2D eigenvalue weighted by molar-refractivity contribution is 5.88. The van der Waals surface area contributed by atoms with Crippen LogP contribution in [-0.2, 0) is 28.5 Å². The van der Waals surface area contributed by atoms with Crippen molar-refractivity contribution in [2.45, 2.75) is 49.7 Å². The first-order valence-corrected chi connectivity index (χ1v) is 19.8. The van der Waals surface area contributed by atoms with Crippen molar-refractivity contribution >= 4 is 24.0 Å². The molecule has 2 saturated heterocycles. The first-order valence-electron chi connectivity index (χ1n) is 19.8. The topological polar surface area (TPSA) is 193 Å². The van der Waals surface area contributed by atoms with E-state index in [1.54, 1.807) is 34.3 Å². The van der Waals surface area contributed by atoms with Crippen molar-refractivity contribution < 1.29 is 38.1 Å². The number of aromatic nitrogens is 4. The molecule has 8 rings (SSSR count). The molecule has 0 unspecified atom stereocenters. The number of H-pyrrole nitrogens is 2. The van der Waals surface area contributed by atoms with E-state index in [0.717, 1.165) is 33.6 Å². The Bertz CT molecular complexity index is 2350. The maximum atomic E-state index is 14.3. The van der Waals surface area contributed by atoms with E-state index in [4.69, 9.17) is 23.9 Å². The van der Waals surface area contributed by atoms with Crippen molar-refractivity contribution in [1.82, 2.24) is 40.4 Å². The van der Waals surface area contributed by atoms with Crippen molar-refractivity contribution in [2.75, 3.05) is 40.5 Å². The predicted molar refractivity (Wildman–Crippen MR) is 219 cm³/mol. The summed E-state index contributed by atoms with van der Waals surface area (Å²) in [5.41, 5.74) is 6.08. The first kappa shape index (κ1) is 40.0. The number of ether oxygens (including phenoxy) is 4. The van der Waals surface area contributed by atoms with Crippen molar-refractivity contribution in [1.29, 1.82) is 0 Å². The van der Waals surface area contributed by atoms with Gasteiger partial charge in [-0.25, -0.2) is 19.6 Å². The largest absolute Gasteiger partial charge is 0.453 e. The smallest absolute Gasteiger partial charge is 0.407 e. The van der Waals surface area contributed by atoms with Crippen LogP contribution in [0.1, 0.15) is 55.1 Å². The Hall–Kier alpha value is -6.78. The number of aromatic amines is 2. The lowest BCUT2D eigenvalue weighted by Gasteiger charge is -2.28. The quantitative estimate of drug-likeness (QED) is 0.118. The average Bonchev–Trinajstić information content (AvgIpc) is 4.15. The van der Waals surface area contributed by atoms with Gasteiger partial charge in [-0.1, -0.05) is 97.9 Å². The molecule has 0 aliphatic carbocycles. The number of likely N-dealkylation sites (tertiary alicyclic amines) is 1. The first-order chi connectivity index (χ1) is 29.2. The molecule has 4 amide bonds. The highest BCUT2D eigenvalue weighted by Crippen LogP contribution is 2.43. The van der Waals surface area contributed by atoms with Gasteiger partial charge in [-0.3, -0.25) is 9.59 Å². The normalized spacial score (nSPS) is 19.0. The van der Waals surface area contributed by atoms with E-state index in [-0.39, 0.29) is 18.4 Å². The summed E-state index contributed by atoms with van der Waals surface area (Å²) in [4.78, 5) is 71.3. The van der Waals surface area contributed by atoms with Crippen LogP contribution >= 0.6 is 0 Å². The van der Waals surface area contributed by atoms with E-state index in [1.807, 2.05) is 85.8 Å². The highest BCUT2D eigenvalue weighted by Gasteiger charge is 2.52. The number of rotatable bonds is 11. The van der Waals surface area contributed by atoms with Gasteiger partial charge in [-0.05, 0) is 34.2 Å². The molecule has 5 heterocycles. The van der Waals surface area contributed by atoms with Crippen LogP contribution in [0, 0.1) is 0 Å². The van der Waals surface area contributed by atoms with Crippen LogP contribution in [0.15, 0.2) is 103 Å². The Balaban J connectivity index is 0.958. The van der Waals surface area contributed by atoms with E-state index in [9.17, 15) is 19.2 Å². The Morgan fingerprint density at radius 1 is 0.767 bits per heavy atom. The van der Waals surface area contributed by atoms with E-state index in [1.165, 1.54) is 14.2 Å². The number of methoxy groups -OCH3 is 2. The molecule has 2 aromatic heterocycles. The molecule has 2 fully saturated rings. The number of imidazole rings is 2. The number of nitrogens with one attached hydrogen (secondary N) is 4. The van der Waals surface area contributed by atoms with Crippen molar-refractivity contribution in [3.05, 3.63) is 121 Å². The molecule has 3 aromatic carbocycles. The van der Waals surface area contributed by atoms with E-state index >= 15 is 0 Å². The number of alkyl carbamates (subject to hydrolysis) is 2. The minimum atomic E-state index is -0.999. The van der Waals surface area contributed by atoms with E-state index < -0.39 is 42.1 Å². The fourth-order valence-corrected chi connectivity index (χ4v) is 7.99. The standard InChI is InChI=1S/C44H46N8O8/c1-4-32(49-42(55)57-2)40(53)51-20-8-11-35(51)38-45-24-33(47-38)29-16-12-27(13-17-29)28-14-18-30(19-15-28)34-25-46-39(48-34)36-23-44(59-21-22-60-44)26-52(36)41(54)37(50-43(56)58-3)31-9-6-5-7-10-31/h5-19,24-25,32,35-37H,4,20-23,26H2,1-3H3,(H,45,47)(H,46,48)(H,49,55)(H,50,56)/t32-,35+,36+,37-/m1/s1. The Morgan fingerprint density at radius 3 is 1.93 bits per heavy atom. The highest BCUT2D eigenvalue weighted by atomic mass is 16.7. The van der Waals surface area contributed by atoms with Gasteiger partial charge in [0, 0.05) is 13.0 Å². The molecule has 310 valence electrons. The Morgan fingerprint density at radius 2 is 1.33 bits per heavy atom. The zero-order valence-electron chi connectivity index (χ0n) is 33.4. The van der Waals surface area contributed by atoms with E-state index in [2.05, 4.69) is 25.6 Å². The molecule has 4 atom stereocenters. The molecular weight excluding hydrogens is 769 g/mol. The van der Waals surface area contributed by atoms with Crippen LogP contribution in [0.4, 0.5) is 9.59 Å². The van der Waals surface area contributed by atoms with Crippen molar-refractivity contribution in [3.63, 3.8) is 0 Å². The molecule has 16 nitrogen and oxygen atoms in total. The van der Waals surface area contributed by atoms with Crippen LogP contribution in [0.5, 0.6) is 0 Å². The molecular formula is C44H46N8O8. The van der Waals surface area contributed by atoms with E-state index in [0.29, 0.717) is 49.8 Å². The fourth-order valence-electron chi connectivity index (χ4n) is 7.99. The second-order valence-electron chi connectivity index (χ2n) is 14.8. The number of hydrogen-bond acceptors (Lipinski definition) is 10. The number of amides is 4. The molecule has 5 aromatic rings. The Kier molecular flexibility index (Phi) is 11.5. The summed E-state index contributed by atoms with van der Waals surface area (Å²) < 4.78 is 21.7. The Labute approximate surface area is 346 Å². The molecule has 0 radical (unpaired) electrons. The number of carbonyl (C=O) groups is 4. The zero-order chi connectivity index (χ0) is 41.8. The molecule has 16 heteroatoms. The molecule has 3 aliphatic rings. The molecule has 60 heavy (non-hydrogen) atoms. The monoisotopic (exact) mass is 814 g/mol. The second kappa shape index (κ2) is 17.2. The number of hydrogen-bond donors (Lipinski definition) is 4. The summed E-state index contributed by atoms with van der Waals surface area (Å²) >= 11 is 0. The van der Waals surface area contributed by atoms with Gasteiger partial charge in [-0.15, -0.1) is 0 Å². The summed E-state index contributed by atoms with van der Waals surface area (Å²) in [7, 11) is 2.53. The minimum absolute atomic E-state index is 0.169. The number of nitrogens with zero attached hydrogens (tertiary/aromatic N) is 4. The molecule has 1 spiro atoms. The van der Waals surface area contributed by atoms with Crippen LogP contribution in [-0.4, -0.2) is 106 Å². The van der Waals surface area contributed by atoms with Gasteiger partial charge in [0.2, 0.25) is 5.91 Å². The predicted octanol–water partition coefficient (Wildman–Crippen LogP) is 5.82. The van der Waals surface area contributed by atoms with Gasteiger partial charge in [-0.2, -0.15) is 0 Å². The van der Waals surface area contributed by atoms with Crippen LogP contribution in [0.2, 0.25) is 0 Å². The summed E-state index contributed by atoms with van der Waals surface area (Å²) in [5, 5.41) is 5.32. The number of carbonyl (C=O) groups excluding carboxylic acids is 4. The summed E-state index contributed by atoms with van der Waals surface area (Å²) in [5.74, 6) is -0.326. The third kappa shape index (κ3) is 8.11. The number of benzene rings is 3. The lowest BCUT2D eigenvalue weighted by Crippen LogP contribution is -2.48. The van der Waals surface area contributed by atoms with Crippen LogP contribution in [0.25, 0.3) is 33.6 Å². The second-order valence-corrected chi connectivity index (χ2v) is 14.8. The van der Waals surface area contributed by atoms with Gasteiger partial charge in [0.1, 0.15) is 29.8 Å². The summed E-state index contributed by atoms with van der Waals surface area (Å²) in [6, 6.07) is 22.7. The molecule has 4 N–H and O–H groups in total. The third-order valence-corrected chi connectivity index (χ3v) is 11.2. The van der Waals surface area contributed by atoms with Crippen molar-refractivity contribution in [3.8, 4) is 33.6 Å². The lowest BCUT2D eigenvalue weighted by atomic mass is 10.0. The summed E-state index contributed by atoms with van der Waals surface area (Å²) in [6.45, 7) is 3.24. The third-order valence-electron chi connectivity index (χ3n) is 11.2. The molecule has 0 bridgehead atoms. The zero-order valence-corrected chi connectivity index (χ0v) is 33.4. The minimum Gasteiger partial charge on any atom is -0.453 e. The van der Waals surface area contributed by atoms with Crippen LogP contribution < -0.4 is 10.6 Å². The van der Waals surface area contributed by atoms with Gasteiger partial charge in [0.15, 0.2) is 5.79 Å². The van der Waals surface area contributed by atoms with Gasteiger partial charge in [0.05, 0.1) is 63.8 Å². The average molecular weight is 815 g/mol. The summed E-state index contributed by atoms with van der Waals surface area (Å²) in [6.07, 6.45) is 6.77. The van der Waals surface area contributed by atoms with Crippen LogP contribution in [0.3, 0.4) is 0 Å². The lowest BCUT2D eigenvalue weighted by molar-refractivity contribution is -0.153. The van der Waals surface area contributed by atoms with Crippen molar-refractivity contribution in [2.24, 2.45) is 0 Å². The molecule has 3 aliphatic heterocycles. The van der Waals surface area contributed by atoms with Gasteiger partial charge < -0.3 is 49.3 Å².